The normalized spacial score (nSPS) is 10.3. The van der Waals surface area contributed by atoms with E-state index in [1.807, 2.05) is 30.5 Å². The van der Waals surface area contributed by atoms with Crippen LogP contribution in [-0.4, -0.2) is 11.6 Å². The molecule has 0 aliphatic heterocycles. The summed E-state index contributed by atoms with van der Waals surface area (Å²) in [4.78, 5) is 4.40. The average molecular weight is 240 g/mol. The van der Waals surface area contributed by atoms with Gasteiger partial charge < -0.3 is 4.74 Å². The number of pyridine rings is 1. The van der Waals surface area contributed by atoms with E-state index >= 15 is 0 Å². The summed E-state index contributed by atoms with van der Waals surface area (Å²) in [6, 6.07) is 12.0. The number of rotatable bonds is 5. The van der Waals surface area contributed by atoms with Gasteiger partial charge >= 0.3 is 0 Å². The Hall–Kier alpha value is -1.83. The minimum atomic E-state index is 0.648. The number of benzene rings is 1. The minimum Gasteiger partial charge on any atom is -0.493 e. The maximum Gasteiger partial charge on any atom is 0.119 e. The molecule has 2 aromatic rings. The highest BCUT2D eigenvalue weighted by Crippen LogP contribution is 2.11. The van der Waals surface area contributed by atoms with E-state index < -0.39 is 0 Å². The predicted octanol–water partition coefficient (Wildman–Crippen LogP) is 3.45. The summed E-state index contributed by atoms with van der Waals surface area (Å²) in [6.07, 6.45) is 3.80. The third-order valence-corrected chi connectivity index (χ3v) is 2.84. The van der Waals surface area contributed by atoms with Crippen molar-refractivity contribution in [2.24, 2.45) is 0 Å². The van der Waals surface area contributed by atoms with Gasteiger partial charge in [0.25, 0.3) is 0 Å². The Morgan fingerprint density at radius 2 is 1.89 bits per heavy atom. The van der Waals surface area contributed by atoms with Gasteiger partial charge in [0, 0.05) is 18.3 Å². The van der Waals surface area contributed by atoms with Gasteiger partial charge in [-0.3, -0.25) is 4.98 Å². The number of nitrogens with zero attached hydrogens (tertiary/aromatic N) is 1. The summed E-state index contributed by atoms with van der Waals surface area (Å²) < 4.78 is 5.65. The molecule has 0 saturated heterocycles. The van der Waals surface area contributed by atoms with E-state index in [0.29, 0.717) is 6.61 Å². The van der Waals surface area contributed by atoms with Crippen LogP contribution in [-0.2, 0) is 12.8 Å². The molecule has 2 heteroatoms. The molecule has 1 aromatic carbocycles. The van der Waals surface area contributed by atoms with Gasteiger partial charge in [0.05, 0.1) is 6.61 Å². The van der Waals surface area contributed by atoms with Crippen LogP contribution >= 0.6 is 0 Å². The molecule has 18 heavy (non-hydrogen) atoms. The smallest absolute Gasteiger partial charge is 0.119 e. The molecule has 0 saturated carbocycles. The van der Waals surface area contributed by atoms with Gasteiger partial charge in [-0.25, -0.2) is 0 Å². The molecule has 0 atom stereocenters. The Bertz CT molecular complexity index is 473. The molecule has 0 aliphatic rings. The van der Waals surface area contributed by atoms with Crippen molar-refractivity contribution in [1.29, 1.82) is 0 Å². The van der Waals surface area contributed by atoms with Crippen LogP contribution in [0.1, 0.15) is 23.7 Å². The fourth-order valence-corrected chi connectivity index (χ4v) is 1.67. The lowest BCUT2D eigenvalue weighted by molar-refractivity contribution is 0.320. The highest BCUT2D eigenvalue weighted by Gasteiger charge is 1.97. The number of hydrogen-bond acceptors (Lipinski definition) is 2. The molecule has 0 fully saturated rings. The van der Waals surface area contributed by atoms with Crippen molar-refractivity contribution in [3.63, 3.8) is 0 Å². The van der Waals surface area contributed by atoms with Crippen molar-refractivity contribution in [1.82, 2.24) is 4.98 Å². The van der Waals surface area contributed by atoms with Crippen LogP contribution in [0.4, 0.5) is 0 Å². The van der Waals surface area contributed by atoms with E-state index in [4.69, 9.17) is 4.74 Å². The predicted molar refractivity (Wildman–Crippen MR) is 73.7 cm³/mol. The van der Waals surface area contributed by atoms with Crippen LogP contribution in [0.2, 0.25) is 0 Å². The van der Waals surface area contributed by atoms with Crippen molar-refractivity contribution in [3.05, 3.63) is 66.3 Å². The van der Waals surface area contributed by atoms with Gasteiger partial charge in [-0.2, -0.15) is 0 Å². The zero-order chi connectivity index (χ0) is 12.8. The van der Waals surface area contributed by atoms with E-state index in [0.717, 1.165) is 29.8 Å². The van der Waals surface area contributed by atoms with E-state index in [1.54, 1.807) is 0 Å². The number of aryl methyl sites for hydroxylation is 1. The summed E-state index contributed by atoms with van der Waals surface area (Å²) >= 11 is 0. The number of ether oxygens (including phenoxy) is 1. The van der Waals surface area contributed by atoms with Crippen LogP contribution in [0.5, 0.6) is 5.75 Å². The van der Waals surface area contributed by atoms with Crippen molar-refractivity contribution in [3.8, 4) is 5.75 Å². The molecule has 2 nitrogen and oxygen atoms in total. The molecule has 1 radical (unpaired) electrons. The largest absolute Gasteiger partial charge is 0.493 e. The topological polar surface area (TPSA) is 22.1 Å². The number of hydrogen-bond donors (Lipinski definition) is 0. The fourth-order valence-electron chi connectivity index (χ4n) is 1.67. The van der Waals surface area contributed by atoms with Crippen LogP contribution in [0.15, 0.2) is 42.6 Å². The molecule has 0 unspecified atom stereocenters. The second-order valence-electron chi connectivity index (χ2n) is 4.25. The molecule has 93 valence electrons. The maximum atomic E-state index is 5.65. The van der Waals surface area contributed by atoms with Crippen molar-refractivity contribution in [2.45, 2.75) is 19.8 Å². The number of aromatic nitrogens is 1. The second kappa shape index (κ2) is 6.20. The first kappa shape index (κ1) is 12.6. The Kier molecular flexibility index (Phi) is 4.35. The molecule has 2 rings (SSSR count). The van der Waals surface area contributed by atoms with Crippen LogP contribution < -0.4 is 4.74 Å². The molecule has 0 bridgehead atoms. The SMILES string of the molecule is [CH2]c1ccc(OCCc2ccc(CC)cn2)cc1. The van der Waals surface area contributed by atoms with Gasteiger partial charge in [0.2, 0.25) is 0 Å². The van der Waals surface area contributed by atoms with Crippen LogP contribution in [0, 0.1) is 6.92 Å². The first-order valence-electron chi connectivity index (χ1n) is 6.26. The van der Waals surface area contributed by atoms with E-state index in [9.17, 15) is 0 Å². The van der Waals surface area contributed by atoms with E-state index in [2.05, 4.69) is 31.0 Å². The second-order valence-corrected chi connectivity index (χ2v) is 4.25. The fraction of sp³-hybridized carbons (Fsp3) is 0.250. The van der Waals surface area contributed by atoms with Crippen LogP contribution in [0.3, 0.4) is 0 Å². The molecule has 1 aromatic heterocycles. The zero-order valence-corrected chi connectivity index (χ0v) is 10.7. The molecular weight excluding hydrogens is 222 g/mol. The van der Waals surface area contributed by atoms with Gasteiger partial charge in [0.15, 0.2) is 0 Å². The van der Waals surface area contributed by atoms with Gasteiger partial charge in [-0.15, -0.1) is 0 Å². The third kappa shape index (κ3) is 3.59. The highest BCUT2D eigenvalue weighted by atomic mass is 16.5. The Balaban J connectivity index is 1.82. The lowest BCUT2D eigenvalue weighted by Gasteiger charge is -2.06. The zero-order valence-electron chi connectivity index (χ0n) is 10.7. The first-order chi connectivity index (χ1) is 8.78. The van der Waals surface area contributed by atoms with Crippen molar-refractivity contribution in [2.75, 3.05) is 6.61 Å². The summed E-state index contributed by atoms with van der Waals surface area (Å²) in [5.74, 6) is 0.882. The Morgan fingerprint density at radius 3 is 2.50 bits per heavy atom. The minimum absolute atomic E-state index is 0.648. The van der Waals surface area contributed by atoms with Crippen molar-refractivity contribution >= 4 is 0 Å². The quantitative estimate of drug-likeness (QED) is 0.798. The molecule has 0 N–H and O–H groups in total. The molecular formula is C16H18NO. The van der Waals surface area contributed by atoms with E-state index in [1.165, 1.54) is 5.56 Å². The molecule has 0 aliphatic carbocycles. The van der Waals surface area contributed by atoms with Gasteiger partial charge in [0.1, 0.15) is 5.75 Å². The summed E-state index contributed by atoms with van der Waals surface area (Å²) in [5.41, 5.74) is 3.34. The first-order valence-corrected chi connectivity index (χ1v) is 6.26. The summed E-state index contributed by atoms with van der Waals surface area (Å²) in [6.45, 7) is 6.62. The Morgan fingerprint density at radius 1 is 1.11 bits per heavy atom. The van der Waals surface area contributed by atoms with Crippen molar-refractivity contribution < 1.29 is 4.74 Å². The summed E-state index contributed by atoms with van der Waals surface area (Å²) in [5, 5.41) is 0. The Labute approximate surface area is 109 Å². The average Bonchev–Trinajstić information content (AvgIpc) is 2.42. The molecule has 0 amide bonds. The van der Waals surface area contributed by atoms with E-state index in [-0.39, 0.29) is 0 Å². The van der Waals surface area contributed by atoms with Gasteiger partial charge in [-0.1, -0.05) is 25.1 Å². The standard InChI is InChI=1S/C16H18NO/c1-3-14-6-7-15(17-12-14)10-11-18-16-8-4-13(2)5-9-16/h4-9,12H,2-3,10-11H2,1H3. The molecule has 1 heterocycles. The highest BCUT2D eigenvalue weighted by molar-refractivity contribution is 5.28. The van der Waals surface area contributed by atoms with Crippen LogP contribution in [0.25, 0.3) is 0 Å². The molecule has 0 spiro atoms. The monoisotopic (exact) mass is 240 g/mol. The maximum absolute atomic E-state index is 5.65. The van der Waals surface area contributed by atoms with Gasteiger partial charge in [-0.05, 0) is 42.7 Å². The lowest BCUT2D eigenvalue weighted by Crippen LogP contribution is -2.03. The lowest BCUT2D eigenvalue weighted by atomic mass is 10.2. The third-order valence-electron chi connectivity index (χ3n) is 2.84. The summed E-state index contributed by atoms with van der Waals surface area (Å²) in [7, 11) is 0.